The van der Waals surface area contributed by atoms with E-state index < -0.39 is 0 Å². The molecule has 0 fully saturated rings. The first-order valence-corrected chi connectivity index (χ1v) is 9.73. The van der Waals surface area contributed by atoms with E-state index in [2.05, 4.69) is 10.4 Å². The van der Waals surface area contributed by atoms with Crippen molar-refractivity contribution >= 4 is 44.7 Å². The molecule has 3 rings (SSSR count). The Morgan fingerprint density at radius 1 is 1.27 bits per heavy atom. The van der Waals surface area contributed by atoms with Crippen molar-refractivity contribution in [1.29, 1.82) is 0 Å². The number of fused-ring (bicyclic) bond motifs is 1. The van der Waals surface area contributed by atoms with Crippen LogP contribution >= 0.6 is 34.4 Å². The second-order valence-corrected chi connectivity index (χ2v) is 8.26. The van der Waals surface area contributed by atoms with E-state index in [-0.39, 0.29) is 5.56 Å². The van der Waals surface area contributed by atoms with Crippen LogP contribution in [-0.2, 0) is 12.3 Å². The molecule has 0 N–H and O–H groups in total. The smallest absolute Gasteiger partial charge is 0.263 e. The molecule has 7 heteroatoms. The van der Waals surface area contributed by atoms with Crippen LogP contribution in [-0.4, -0.2) is 14.5 Å². The van der Waals surface area contributed by atoms with E-state index in [1.165, 1.54) is 4.88 Å². The highest BCUT2D eigenvalue weighted by Crippen LogP contribution is 2.29. The number of hydrogen-bond donors (Lipinski definition) is 0. The van der Waals surface area contributed by atoms with Gasteiger partial charge in [0.05, 0.1) is 16.1 Å². The zero-order valence-corrected chi connectivity index (χ0v) is 15.4. The lowest BCUT2D eigenvalue weighted by molar-refractivity contribution is 0.635. The van der Waals surface area contributed by atoms with Crippen LogP contribution in [0, 0.1) is 20.8 Å². The quantitative estimate of drug-likeness (QED) is 0.523. The zero-order valence-electron chi connectivity index (χ0n) is 13.0. The van der Waals surface area contributed by atoms with Gasteiger partial charge in [-0.15, -0.1) is 22.7 Å². The van der Waals surface area contributed by atoms with Crippen molar-refractivity contribution in [3.63, 3.8) is 0 Å². The maximum atomic E-state index is 12.7. The van der Waals surface area contributed by atoms with Crippen LogP contribution in [0.2, 0.25) is 0 Å². The summed E-state index contributed by atoms with van der Waals surface area (Å²) in [5, 5.41) is 4.69. The lowest BCUT2D eigenvalue weighted by Crippen LogP contribution is -2.22. The van der Waals surface area contributed by atoms with E-state index in [9.17, 15) is 4.79 Å². The van der Waals surface area contributed by atoms with Crippen molar-refractivity contribution in [3.8, 4) is 0 Å². The monoisotopic (exact) mass is 351 g/mol. The Balaban J connectivity index is 2.03. The molecule has 0 radical (unpaired) electrons. The third kappa shape index (κ3) is 2.73. The lowest BCUT2D eigenvalue weighted by atomic mass is 10.2. The normalized spacial score (nSPS) is 11.5. The maximum absolute atomic E-state index is 12.7. The minimum Gasteiger partial charge on any atom is -0.287 e. The largest absolute Gasteiger partial charge is 0.287 e. The summed E-state index contributed by atoms with van der Waals surface area (Å²) < 4.78 is 1.77. The van der Waals surface area contributed by atoms with Gasteiger partial charge in [0.1, 0.15) is 4.83 Å². The van der Waals surface area contributed by atoms with Crippen LogP contribution in [0.4, 0.5) is 0 Å². The average molecular weight is 352 g/mol. The number of thioether (sulfide) groups is 1. The van der Waals surface area contributed by atoms with Crippen LogP contribution < -0.4 is 5.56 Å². The Morgan fingerprint density at radius 2 is 2.05 bits per heavy atom. The number of thiazole rings is 1. The Morgan fingerprint density at radius 3 is 2.68 bits per heavy atom. The number of thiophene rings is 1. The fraction of sp³-hybridized carbons (Fsp3) is 0.400. The molecule has 0 aromatic carbocycles. The summed E-state index contributed by atoms with van der Waals surface area (Å²) in [4.78, 5) is 23.9. The van der Waals surface area contributed by atoms with Gasteiger partial charge < -0.3 is 0 Å². The van der Waals surface area contributed by atoms with Gasteiger partial charge in [-0.2, -0.15) is 0 Å². The summed E-state index contributed by atoms with van der Waals surface area (Å²) in [6.07, 6.45) is 0. The molecule has 0 atom stereocenters. The number of aromatic nitrogens is 3. The van der Waals surface area contributed by atoms with Gasteiger partial charge in [-0.1, -0.05) is 11.8 Å². The predicted molar refractivity (Wildman–Crippen MR) is 95.4 cm³/mol. The number of aryl methyl sites for hydroxylation is 3. The molecule has 3 aromatic rings. The van der Waals surface area contributed by atoms with Crippen molar-refractivity contribution in [1.82, 2.24) is 14.5 Å². The molecule has 3 heterocycles. The summed E-state index contributed by atoms with van der Waals surface area (Å²) in [5.74, 6) is 0.742. The van der Waals surface area contributed by atoms with Crippen molar-refractivity contribution in [2.45, 2.75) is 45.1 Å². The van der Waals surface area contributed by atoms with Crippen LogP contribution in [0.5, 0.6) is 0 Å². The first kappa shape index (κ1) is 15.7. The molecule has 0 spiro atoms. The molecule has 0 aliphatic rings. The topological polar surface area (TPSA) is 47.8 Å². The molecule has 0 saturated carbocycles. The van der Waals surface area contributed by atoms with Gasteiger partial charge >= 0.3 is 0 Å². The van der Waals surface area contributed by atoms with E-state index in [0.717, 1.165) is 37.4 Å². The third-order valence-electron chi connectivity index (χ3n) is 3.59. The summed E-state index contributed by atoms with van der Waals surface area (Å²) in [6.45, 7) is 8.67. The molecular weight excluding hydrogens is 334 g/mol. The molecular formula is C15H17N3OS3. The molecule has 0 bridgehead atoms. The van der Waals surface area contributed by atoms with Crippen molar-refractivity contribution < 1.29 is 0 Å². The summed E-state index contributed by atoms with van der Waals surface area (Å²) in [6, 6.07) is 0. The fourth-order valence-electron chi connectivity index (χ4n) is 2.31. The Hall–Kier alpha value is -1.18. The molecule has 0 aliphatic heterocycles. The Bertz CT molecular complexity index is 891. The highest BCUT2D eigenvalue weighted by molar-refractivity contribution is 7.98. The molecule has 3 aromatic heterocycles. The minimum absolute atomic E-state index is 0.0753. The highest BCUT2D eigenvalue weighted by atomic mass is 32.2. The predicted octanol–water partition coefficient (Wildman–Crippen LogP) is 4.15. The van der Waals surface area contributed by atoms with Gasteiger partial charge in [-0.3, -0.25) is 9.36 Å². The van der Waals surface area contributed by atoms with Crippen LogP contribution in [0.15, 0.2) is 15.3 Å². The van der Waals surface area contributed by atoms with E-state index in [0.29, 0.717) is 6.54 Å². The number of rotatable bonds is 4. The third-order valence-corrected chi connectivity index (χ3v) is 6.52. The van der Waals surface area contributed by atoms with Crippen molar-refractivity contribution in [2.75, 3.05) is 0 Å². The van der Waals surface area contributed by atoms with Crippen LogP contribution in [0.1, 0.15) is 28.1 Å². The first-order chi connectivity index (χ1) is 10.5. The maximum Gasteiger partial charge on any atom is 0.263 e. The molecule has 0 saturated heterocycles. The second kappa shape index (κ2) is 6.14. The second-order valence-electron chi connectivity index (χ2n) is 5.05. The zero-order chi connectivity index (χ0) is 15.9. The van der Waals surface area contributed by atoms with Crippen molar-refractivity contribution in [3.05, 3.63) is 36.9 Å². The van der Waals surface area contributed by atoms with E-state index in [1.807, 2.05) is 27.7 Å². The summed E-state index contributed by atoms with van der Waals surface area (Å²) in [5.41, 5.74) is 2.18. The SMILES string of the molecule is CCn1c(SCc2csc(C)n2)nc2sc(C)c(C)c2c1=O. The summed E-state index contributed by atoms with van der Waals surface area (Å²) >= 11 is 4.83. The first-order valence-electron chi connectivity index (χ1n) is 7.05. The van der Waals surface area contributed by atoms with Gasteiger partial charge in [0, 0.05) is 22.6 Å². The molecule has 0 unspecified atom stereocenters. The van der Waals surface area contributed by atoms with Crippen molar-refractivity contribution in [2.24, 2.45) is 0 Å². The van der Waals surface area contributed by atoms with Crippen LogP contribution in [0.3, 0.4) is 0 Å². The van der Waals surface area contributed by atoms with Gasteiger partial charge in [0.15, 0.2) is 5.16 Å². The Kier molecular flexibility index (Phi) is 4.38. The van der Waals surface area contributed by atoms with E-state index >= 15 is 0 Å². The molecule has 4 nitrogen and oxygen atoms in total. The fourth-order valence-corrected chi connectivity index (χ4v) is 5.05. The molecule has 116 valence electrons. The average Bonchev–Trinajstić information content (AvgIpc) is 3.01. The van der Waals surface area contributed by atoms with Gasteiger partial charge in [0.25, 0.3) is 5.56 Å². The molecule has 0 amide bonds. The summed E-state index contributed by atoms with van der Waals surface area (Å²) in [7, 11) is 0. The Labute approximate surface area is 141 Å². The molecule has 0 aliphatic carbocycles. The van der Waals surface area contributed by atoms with Gasteiger partial charge in [-0.25, -0.2) is 9.97 Å². The van der Waals surface area contributed by atoms with Gasteiger partial charge in [-0.05, 0) is 33.3 Å². The van der Waals surface area contributed by atoms with Gasteiger partial charge in [0.2, 0.25) is 0 Å². The standard InChI is InChI=1S/C15H17N3OS3/c1-5-18-14(19)12-8(2)9(3)22-13(12)17-15(18)21-7-11-6-20-10(4)16-11/h6H,5,7H2,1-4H3. The molecule has 22 heavy (non-hydrogen) atoms. The lowest BCUT2D eigenvalue weighted by Gasteiger charge is -2.09. The number of nitrogens with zero attached hydrogens (tertiary/aromatic N) is 3. The van der Waals surface area contributed by atoms with Crippen LogP contribution in [0.25, 0.3) is 10.2 Å². The number of hydrogen-bond acceptors (Lipinski definition) is 6. The van der Waals surface area contributed by atoms with E-state index in [4.69, 9.17) is 4.98 Å². The van der Waals surface area contributed by atoms with E-state index in [1.54, 1.807) is 39.0 Å². The minimum atomic E-state index is 0.0753. The highest BCUT2D eigenvalue weighted by Gasteiger charge is 2.16.